The number of thiophene rings is 1. The van der Waals surface area contributed by atoms with Gasteiger partial charge < -0.3 is 5.32 Å². The summed E-state index contributed by atoms with van der Waals surface area (Å²) in [5.41, 5.74) is 0. The first-order valence-corrected chi connectivity index (χ1v) is 7.76. The molecule has 1 aromatic heterocycles. The average molecular weight is 247 g/mol. The summed E-state index contributed by atoms with van der Waals surface area (Å²) < 4.78 is 0. The van der Waals surface area contributed by atoms with Crippen LogP contribution in [0.1, 0.15) is 49.4 Å². The predicted octanol–water partition coefficient (Wildman–Crippen LogP) is 4.29. The average Bonchev–Trinajstić information content (AvgIpc) is 3.09. The highest BCUT2D eigenvalue weighted by atomic mass is 32.1. The summed E-state index contributed by atoms with van der Waals surface area (Å²) in [6.07, 6.45) is 12.7. The highest BCUT2D eigenvalue weighted by Crippen LogP contribution is 2.38. The predicted molar refractivity (Wildman–Crippen MR) is 74.3 cm³/mol. The fourth-order valence-corrected chi connectivity index (χ4v) is 4.10. The molecule has 1 fully saturated rings. The Labute approximate surface area is 108 Å². The van der Waals surface area contributed by atoms with E-state index >= 15 is 0 Å². The molecule has 17 heavy (non-hydrogen) atoms. The molecule has 0 radical (unpaired) electrons. The number of rotatable bonds is 4. The zero-order valence-electron chi connectivity index (χ0n) is 10.3. The first-order valence-electron chi connectivity index (χ1n) is 6.88. The Balaban J connectivity index is 1.71. The molecule has 3 rings (SSSR count). The number of hydrogen-bond acceptors (Lipinski definition) is 2. The van der Waals surface area contributed by atoms with E-state index in [1.807, 2.05) is 11.3 Å². The highest BCUT2D eigenvalue weighted by Gasteiger charge is 2.28. The van der Waals surface area contributed by atoms with Crippen molar-refractivity contribution in [3.63, 3.8) is 0 Å². The van der Waals surface area contributed by atoms with Crippen molar-refractivity contribution in [2.24, 2.45) is 5.92 Å². The minimum atomic E-state index is 0.613. The fourth-order valence-electron chi connectivity index (χ4n) is 3.22. The van der Waals surface area contributed by atoms with Gasteiger partial charge in [-0.15, -0.1) is 11.3 Å². The van der Waals surface area contributed by atoms with Crippen LogP contribution in [0.4, 0.5) is 0 Å². The molecule has 0 bridgehead atoms. The molecule has 0 aliphatic heterocycles. The quantitative estimate of drug-likeness (QED) is 0.783. The Hall–Kier alpha value is -0.600. The van der Waals surface area contributed by atoms with Crippen molar-refractivity contribution in [1.82, 2.24) is 5.32 Å². The summed E-state index contributed by atoms with van der Waals surface area (Å²) in [7, 11) is 0. The normalized spacial score (nSPS) is 23.5. The van der Waals surface area contributed by atoms with Gasteiger partial charge in [-0.1, -0.05) is 31.1 Å². The van der Waals surface area contributed by atoms with Gasteiger partial charge in [-0.2, -0.15) is 0 Å². The van der Waals surface area contributed by atoms with Crippen LogP contribution in [0.25, 0.3) is 0 Å². The topological polar surface area (TPSA) is 12.0 Å². The minimum Gasteiger partial charge on any atom is -0.306 e. The van der Waals surface area contributed by atoms with Crippen molar-refractivity contribution in [1.29, 1.82) is 0 Å². The fraction of sp³-hybridized carbons (Fsp3) is 0.600. The third-order valence-corrected chi connectivity index (χ3v) is 5.10. The molecule has 2 aliphatic rings. The molecule has 1 heterocycles. The molecule has 0 spiro atoms. The van der Waals surface area contributed by atoms with Crippen LogP contribution >= 0.6 is 11.3 Å². The molecule has 2 aliphatic carbocycles. The molecule has 1 aromatic rings. The third kappa shape index (κ3) is 2.63. The second kappa shape index (κ2) is 5.36. The Morgan fingerprint density at radius 3 is 2.59 bits per heavy atom. The Kier molecular flexibility index (Phi) is 3.62. The first kappa shape index (κ1) is 11.5. The van der Waals surface area contributed by atoms with Gasteiger partial charge in [0.25, 0.3) is 0 Å². The lowest BCUT2D eigenvalue weighted by Crippen LogP contribution is -2.34. The van der Waals surface area contributed by atoms with Gasteiger partial charge in [-0.25, -0.2) is 0 Å². The zero-order chi connectivity index (χ0) is 11.5. The lowest BCUT2D eigenvalue weighted by atomic mass is 9.95. The van der Waals surface area contributed by atoms with Gasteiger partial charge in [0.2, 0.25) is 0 Å². The van der Waals surface area contributed by atoms with E-state index in [0.717, 1.165) is 5.92 Å². The van der Waals surface area contributed by atoms with Crippen molar-refractivity contribution >= 4 is 11.3 Å². The molecule has 1 nitrogen and oxygen atoms in total. The Morgan fingerprint density at radius 2 is 1.94 bits per heavy atom. The van der Waals surface area contributed by atoms with E-state index in [4.69, 9.17) is 0 Å². The van der Waals surface area contributed by atoms with Gasteiger partial charge in [0.1, 0.15) is 0 Å². The Bertz CT molecular complexity index is 354. The second-order valence-electron chi connectivity index (χ2n) is 5.34. The molecular formula is C15H21NS. The van der Waals surface area contributed by atoms with Gasteiger partial charge in [0, 0.05) is 17.0 Å². The lowest BCUT2D eigenvalue weighted by Gasteiger charge is -2.27. The van der Waals surface area contributed by atoms with Crippen LogP contribution in [0.15, 0.2) is 29.7 Å². The molecule has 92 valence electrons. The summed E-state index contributed by atoms with van der Waals surface area (Å²) in [4.78, 5) is 1.55. The maximum absolute atomic E-state index is 3.91. The molecule has 0 aromatic carbocycles. The van der Waals surface area contributed by atoms with E-state index in [1.54, 1.807) is 4.88 Å². The van der Waals surface area contributed by atoms with Gasteiger partial charge in [0.15, 0.2) is 0 Å². The monoisotopic (exact) mass is 247 g/mol. The molecule has 1 N–H and O–H groups in total. The zero-order valence-corrected chi connectivity index (χ0v) is 11.1. The Morgan fingerprint density at radius 1 is 1.18 bits per heavy atom. The van der Waals surface area contributed by atoms with Gasteiger partial charge in [-0.3, -0.25) is 0 Å². The van der Waals surface area contributed by atoms with Crippen molar-refractivity contribution in [2.45, 2.75) is 50.6 Å². The second-order valence-corrected chi connectivity index (χ2v) is 6.32. The van der Waals surface area contributed by atoms with E-state index in [9.17, 15) is 0 Å². The number of nitrogens with one attached hydrogen (secondary N) is 1. The summed E-state index contributed by atoms with van der Waals surface area (Å²) in [5, 5.41) is 6.12. The van der Waals surface area contributed by atoms with Crippen LogP contribution in [0.2, 0.25) is 0 Å². The van der Waals surface area contributed by atoms with E-state index in [1.165, 1.54) is 38.5 Å². The van der Waals surface area contributed by atoms with Crippen LogP contribution in [0.3, 0.4) is 0 Å². The maximum atomic E-state index is 3.91. The van der Waals surface area contributed by atoms with Crippen molar-refractivity contribution in [2.75, 3.05) is 0 Å². The molecule has 1 atom stereocenters. The van der Waals surface area contributed by atoms with Crippen LogP contribution in [-0.4, -0.2) is 6.04 Å². The number of hydrogen-bond donors (Lipinski definition) is 1. The van der Waals surface area contributed by atoms with Gasteiger partial charge in [-0.05, 0) is 43.0 Å². The van der Waals surface area contributed by atoms with E-state index in [2.05, 4.69) is 35.0 Å². The molecule has 0 amide bonds. The minimum absolute atomic E-state index is 0.613. The molecule has 1 saturated carbocycles. The van der Waals surface area contributed by atoms with Crippen LogP contribution in [-0.2, 0) is 0 Å². The molecule has 2 heteroatoms. The van der Waals surface area contributed by atoms with Gasteiger partial charge in [0.05, 0.1) is 0 Å². The summed E-state index contributed by atoms with van der Waals surface area (Å²) in [6.45, 7) is 0. The summed E-state index contributed by atoms with van der Waals surface area (Å²) in [6, 6.07) is 5.80. The van der Waals surface area contributed by atoms with E-state index < -0.39 is 0 Å². The third-order valence-electron chi connectivity index (χ3n) is 4.14. The summed E-state index contributed by atoms with van der Waals surface area (Å²) in [5.74, 6) is 0.870. The SMILES string of the molecule is C1=CCC(NC(c2cccs2)C2CCCC2)C1. The standard InChI is InChI=1S/C15H21NS/c1-2-7-12(6-1)15(14-10-5-11-17-14)16-13-8-3-4-9-13/h3-5,10-13,15-16H,1-2,6-9H2. The van der Waals surface area contributed by atoms with Crippen LogP contribution in [0.5, 0.6) is 0 Å². The lowest BCUT2D eigenvalue weighted by molar-refractivity contribution is 0.336. The van der Waals surface area contributed by atoms with Crippen molar-refractivity contribution in [3.8, 4) is 0 Å². The van der Waals surface area contributed by atoms with Crippen molar-refractivity contribution in [3.05, 3.63) is 34.5 Å². The van der Waals surface area contributed by atoms with Gasteiger partial charge >= 0.3 is 0 Å². The van der Waals surface area contributed by atoms with E-state index in [-0.39, 0.29) is 0 Å². The first-order chi connectivity index (χ1) is 8.43. The highest BCUT2D eigenvalue weighted by molar-refractivity contribution is 7.10. The summed E-state index contributed by atoms with van der Waals surface area (Å²) >= 11 is 1.92. The molecule has 0 saturated heterocycles. The van der Waals surface area contributed by atoms with Crippen LogP contribution in [0, 0.1) is 5.92 Å². The molecular weight excluding hydrogens is 226 g/mol. The maximum Gasteiger partial charge on any atom is 0.0445 e. The van der Waals surface area contributed by atoms with E-state index in [0.29, 0.717) is 12.1 Å². The largest absolute Gasteiger partial charge is 0.306 e. The van der Waals surface area contributed by atoms with Crippen LogP contribution < -0.4 is 5.32 Å². The molecule has 1 unspecified atom stereocenters. The van der Waals surface area contributed by atoms with Crippen molar-refractivity contribution < 1.29 is 0 Å². The smallest absolute Gasteiger partial charge is 0.0445 e.